The molecule has 1 aliphatic rings. The number of hydrogen-bond donors (Lipinski definition) is 2. The summed E-state index contributed by atoms with van der Waals surface area (Å²) in [5, 5.41) is 3.24. The van der Waals surface area contributed by atoms with E-state index in [0.717, 1.165) is 36.0 Å². The van der Waals surface area contributed by atoms with Crippen molar-refractivity contribution in [2.24, 2.45) is 5.92 Å². The first kappa shape index (κ1) is 14.8. The van der Waals surface area contributed by atoms with Crippen LogP contribution in [0.25, 0.3) is 0 Å². The highest BCUT2D eigenvalue weighted by molar-refractivity contribution is 9.10. The van der Waals surface area contributed by atoms with Crippen LogP contribution in [-0.2, 0) is 10.0 Å². The van der Waals surface area contributed by atoms with Crippen molar-refractivity contribution in [2.75, 3.05) is 23.6 Å². The first-order chi connectivity index (χ1) is 8.96. The summed E-state index contributed by atoms with van der Waals surface area (Å²) in [6, 6.07) is 5.63. The van der Waals surface area contributed by atoms with Crippen molar-refractivity contribution >= 4 is 31.6 Å². The Morgan fingerprint density at radius 2 is 2.26 bits per heavy atom. The lowest BCUT2D eigenvalue weighted by Gasteiger charge is -2.22. The molecule has 1 heterocycles. The molecule has 1 aliphatic heterocycles. The summed E-state index contributed by atoms with van der Waals surface area (Å²) >= 11 is 3.37. The minimum atomic E-state index is -3.29. The Labute approximate surface area is 123 Å². The largest absolute Gasteiger partial charge is 0.316 e. The molecule has 4 nitrogen and oxygen atoms in total. The third-order valence-corrected chi connectivity index (χ3v) is 5.37. The van der Waals surface area contributed by atoms with E-state index in [-0.39, 0.29) is 11.7 Å². The van der Waals surface area contributed by atoms with E-state index in [1.165, 1.54) is 0 Å². The number of rotatable bonds is 4. The normalized spacial score (nSPS) is 20.2. The molecule has 1 fully saturated rings. The average Bonchev–Trinajstić information content (AvgIpc) is 2.34. The predicted octanol–water partition coefficient (Wildman–Crippen LogP) is 2.50. The molecular weight excluding hydrogens is 328 g/mol. The number of anilines is 1. The molecule has 1 atom stereocenters. The van der Waals surface area contributed by atoms with Gasteiger partial charge < -0.3 is 5.32 Å². The van der Waals surface area contributed by atoms with E-state index in [2.05, 4.69) is 26.0 Å². The van der Waals surface area contributed by atoms with Gasteiger partial charge in [-0.15, -0.1) is 0 Å². The van der Waals surface area contributed by atoms with Gasteiger partial charge in [0, 0.05) is 4.47 Å². The van der Waals surface area contributed by atoms with E-state index in [4.69, 9.17) is 0 Å². The number of benzene rings is 1. The molecule has 1 aromatic rings. The number of hydrogen-bond acceptors (Lipinski definition) is 3. The average molecular weight is 347 g/mol. The number of aryl methyl sites for hydroxylation is 1. The Morgan fingerprint density at radius 1 is 1.47 bits per heavy atom. The van der Waals surface area contributed by atoms with Crippen molar-refractivity contribution in [3.8, 4) is 0 Å². The first-order valence-corrected chi connectivity index (χ1v) is 8.88. The smallest absolute Gasteiger partial charge is 0.233 e. The summed E-state index contributed by atoms with van der Waals surface area (Å²) < 4.78 is 27.8. The molecular formula is C13H19BrN2O2S. The fraction of sp³-hybridized carbons (Fsp3) is 0.538. The third kappa shape index (κ3) is 4.47. The Balaban J connectivity index is 2.05. The van der Waals surface area contributed by atoms with Gasteiger partial charge in [0.2, 0.25) is 10.0 Å². The highest BCUT2D eigenvalue weighted by Crippen LogP contribution is 2.25. The third-order valence-electron chi connectivity index (χ3n) is 3.24. The van der Waals surface area contributed by atoms with Crippen LogP contribution in [0.15, 0.2) is 22.7 Å². The molecule has 0 bridgehead atoms. The van der Waals surface area contributed by atoms with Crippen molar-refractivity contribution in [3.63, 3.8) is 0 Å². The van der Waals surface area contributed by atoms with Crippen LogP contribution in [0.5, 0.6) is 0 Å². The lowest BCUT2D eigenvalue weighted by atomic mass is 10.0. The molecule has 2 rings (SSSR count). The van der Waals surface area contributed by atoms with Gasteiger partial charge in [-0.3, -0.25) is 4.72 Å². The van der Waals surface area contributed by atoms with Crippen LogP contribution in [0.3, 0.4) is 0 Å². The highest BCUT2D eigenvalue weighted by atomic mass is 79.9. The maximum Gasteiger partial charge on any atom is 0.233 e. The summed E-state index contributed by atoms with van der Waals surface area (Å²) in [5.74, 6) is 0.384. The van der Waals surface area contributed by atoms with Gasteiger partial charge in [0.15, 0.2) is 0 Å². The summed E-state index contributed by atoms with van der Waals surface area (Å²) in [6.45, 7) is 3.72. The molecule has 1 saturated heterocycles. The zero-order valence-corrected chi connectivity index (χ0v) is 13.4. The second-order valence-electron chi connectivity index (χ2n) is 5.08. The van der Waals surface area contributed by atoms with Crippen LogP contribution in [0, 0.1) is 12.8 Å². The van der Waals surface area contributed by atoms with E-state index in [1.807, 2.05) is 25.1 Å². The van der Waals surface area contributed by atoms with Gasteiger partial charge in [0.05, 0.1) is 11.4 Å². The van der Waals surface area contributed by atoms with E-state index in [9.17, 15) is 8.42 Å². The molecule has 0 aromatic heterocycles. The van der Waals surface area contributed by atoms with Crippen LogP contribution in [-0.4, -0.2) is 27.3 Å². The molecule has 0 spiro atoms. The van der Waals surface area contributed by atoms with Gasteiger partial charge >= 0.3 is 0 Å². The molecule has 0 aliphatic carbocycles. The molecule has 106 valence electrons. The SMILES string of the molecule is Cc1ccc(Br)c(NS(=O)(=O)CC2CCCNC2)c1. The fourth-order valence-electron chi connectivity index (χ4n) is 2.30. The van der Waals surface area contributed by atoms with Gasteiger partial charge in [-0.2, -0.15) is 0 Å². The van der Waals surface area contributed by atoms with Crippen LogP contribution in [0.1, 0.15) is 18.4 Å². The Bertz CT molecular complexity index is 540. The quantitative estimate of drug-likeness (QED) is 0.880. The highest BCUT2D eigenvalue weighted by Gasteiger charge is 2.21. The molecule has 0 amide bonds. The molecule has 19 heavy (non-hydrogen) atoms. The maximum absolute atomic E-state index is 12.2. The number of sulfonamides is 1. The lowest BCUT2D eigenvalue weighted by Crippen LogP contribution is -2.35. The molecule has 0 radical (unpaired) electrons. The van der Waals surface area contributed by atoms with E-state index in [0.29, 0.717) is 5.69 Å². The zero-order valence-electron chi connectivity index (χ0n) is 10.9. The van der Waals surface area contributed by atoms with Crippen molar-refractivity contribution in [2.45, 2.75) is 19.8 Å². The predicted molar refractivity (Wildman–Crippen MR) is 81.9 cm³/mol. The minimum Gasteiger partial charge on any atom is -0.316 e. The Hall–Kier alpha value is -0.590. The lowest BCUT2D eigenvalue weighted by molar-refractivity contribution is 0.404. The second-order valence-corrected chi connectivity index (χ2v) is 7.70. The topological polar surface area (TPSA) is 58.2 Å². The van der Waals surface area contributed by atoms with Crippen molar-refractivity contribution in [1.29, 1.82) is 0 Å². The van der Waals surface area contributed by atoms with Gasteiger partial charge in [-0.25, -0.2) is 8.42 Å². The van der Waals surface area contributed by atoms with Gasteiger partial charge in [-0.1, -0.05) is 6.07 Å². The van der Waals surface area contributed by atoms with Gasteiger partial charge in [0.25, 0.3) is 0 Å². The van der Waals surface area contributed by atoms with Crippen molar-refractivity contribution < 1.29 is 8.42 Å². The zero-order chi connectivity index (χ0) is 13.9. The summed E-state index contributed by atoms with van der Waals surface area (Å²) in [5.41, 5.74) is 1.64. The fourth-order valence-corrected chi connectivity index (χ4v) is 4.27. The Morgan fingerprint density at radius 3 is 2.95 bits per heavy atom. The van der Waals surface area contributed by atoms with Crippen LogP contribution in [0.4, 0.5) is 5.69 Å². The molecule has 0 saturated carbocycles. The van der Waals surface area contributed by atoms with Crippen LogP contribution >= 0.6 is 15.9 Å². The summed E-state index contributed by atoms with van der Waals surface area (Å²) in [7, 11) is -3.29. The standard InChI is InChI=1S/C13H19BrN2O2S/c1-10-4-5-12(14)13(7-10)16-19(17,18)9-11-3-2-6-15-8-11/h4-5,7,11,15-16H,2-3,6,8-9H2,1H3. The molecule has 6 heteroatoms. The van der Waals surface area contributed by atoms with Crippen molar-refractivity contribution in [3.05, 3.63) is 28.2 Å². The van der Waals surface area contributed by atoms with Crippen LogP contribution < -0.4 is 10.0 Å². The van der Waals surface area contributed by atoms with Crippen LogP contribution in [0.2, 0.25) is 0 Å². The second kappa shape index (κ2) is 6.24. The van der Waals surface area contributed by atoms with E-state index in [1.54, 1.807) is 0 Å². The van der Waals surface area contributed by atoms with E-state index < -0.39 is 10.0 Å². The first-order valence-electron chi connectivity index (χ1n) is 6.44. The summed E-state index contributed by atoms with van der Waals surface area (Å²) in [4.78, 5) is 0. The monoisotopic (exact) mass is 346 g/mol. The summed E-state index contributed by atoms with van der Waals surface area (Å²) in [6.07, 6.45) is 2.03. The number of halogens is 1. The maximum atomic E-state index is 12.2. The number of nitrogens with one attached hydrogen (secondary N) is 2. The Kier molecular flexibility index (Phi) is 4.86. The van der Waals surface area contributed by atoms with Crippen molar-refractivity contribution in [1.82, 2.24) is 5.32 Å². The van der Waals surface area contributed by atoms with Gasteiger partial charge in [-0.05, 0) is 72.4 Å². The number of piperidine rings is 1. The van der Waals surface area contributed by atoms with E-state index >= 15 is 0 Å². The molecule has 2 N–H and O–H groups in total. The molecule has 1 aromatic carbocycles. The van der Waals surface area contributed by atoms with Gasteiger partial charge in [0.1, 0.15) is 0 Å². The minimum absolute atomic E-state index is 0.181. The molecule has 1 unspecified atom stereocenters.